The zero-order valence-corrected chi connectivity index (χ0v) is 18.6. The predicted molar refractivity (Wildman–Crippen MR) is 125 cm³/mol. The van der Waals surface area contributed by atoms with Gasteiger partial charge < -0.3 is 16.4 Å². The maximum atomic E-state index is 14.5. The van der Waals surface area contributed by atoms with Gasteiger partial charge in [0.15, 0.2) is 5.82 Å². The Morgan fingerprint density at radius 2 is 2.00 bits per heavy atom. The third-order valence-corrected chi connectivity index (χ3v) is 6.17. The average molecular weight is 490 g/mol. The van der Waals surface area contributed by atoms with Gasteiger partial charge in [0.1, 0.15) is 11.6 Å². The van der Waals surface area contributed by atoms with Crippen molar-refractivity contribution in [2.75, 3.05) is 17.2 Å². The van der Waals surface area contributed by atoms with Crippen molar-refractivity contribution in [2.24, 2.45) is 5.73 Å². The standard InChI is InChI=1S/C22H18ClF2N5O2S/c23-14-4-5-15(24)18(19(14)25)12(7-8-26)21(31)27-11-3-6-16-13(10-11)20(30-29-16)28-22(32)17-2-1-9-33-17/h1-6,9-10,12H,7-8,26H2,(H,27,31)(H2,28,29,30,32)/t12-/m0/s1. The van der Waals surface area contributed by atoms with E-state index in [9.17, 15) is 18.4 Å². The number of H-pyrrole nitrogens is 1. The van der Waals surface area contributed by atoms with Crippen LogP contribution in [0.2, 0.25) is 5.02 Å². The van der Waals surface area contributed by atoms with Gasteiger partial charge in [0.25, 0.3) is 5.91 Å². The lowest BCUT2D eigenvalue weighted by atomic mass is 9.93. The third-order valence-electron chi connectivity index (χ3n) is 5.01. The number of benzene rings is 2. The topological polar surface area (TPSA) is 113 Å². The van der Waals surface area contributed by atoms with Crippen LogP contribution < -0.4 is 16.4 Å². The average Bonchev–Trinajstić information content (AvgIpc) is 3.46. The zero-order valence-electron chi connectivity index (χ0n) is 17.0. The number of amides is 2. The summed E-state index contributed by atoms with van der Waals surface area (Å²) in [4.78, 5) is 25.9. The molecular weight excluding hydrogens is 472 g/mol. The number of thiophene rings is 1. The van der Waals surface area contributed by atoms with Crippen LogP contribution in [0.15, 0.2) is 47.8 Å². The molecule has 2 aromatic carbocycles. The van der Waals surface area contributed by atoms with E-state index in [0.717, 1.165) is 12.1 Å². The van der Waals surface area contributed by atoms with Crippen LogP contribution in [0.4, 0.5) is 20.3 Å². The van der Waals surface area contributed by atoms with Crippen LogP contribution in [0.3, 0.4) is 0 Å². The predicted octanol–water partition coefficient (Wildman–Crippen LogP) is 4.88. The fraction of sp³-hybridized carbons (Fsp3) is 0.136. The van der Waals surface area contributed by atoms with Crippen LogP contribution in [-0.4, -0.2) is 28.6 Å². The molecule has 2 aromatic heterocycles. The lowest BCUT2D eigenvalue weighted by molar-refractivity contribution is -0.117. The number of hydrogen-bond donors (Lipinski definition) is 4. The van der Waals surface area contributed by atoms with Crippen LogP contribution >= 0.6 is 22.9 Å². The highest BCUT2D eigenvalue weighted by molar-refractivity contribution is 7.12. The Morgan fingerprint density at radius 3 is 2.73 bits per heavy atom. The van der Waals surface area contributed by atoms with E-state index < -0.39 is 29.0 Å². The van der Waals surface area contributed by atoms with Gasteiger partial charge in [-0.2, -0.15) is 5.10 Å². The molecule has 2 amide bonds. The molecule has 0 fully saturated rings. The Bertz CT molecular complexity index is 1330. The number of fused-ring (bicyclic) bond motifs is 1. The van der Waals surface area contributed by atoms with Crippen LogP contribution in [0.25, 0.3) is 10.9 Å². The van der Waals surface area contributed by atoms with Gasteiger partial charge >= 0.3 is 0 Å². The first-order chi connectivity index (χ1) is 15.9. The summed E-state index contributed by atoms with van der Waals surface area (Å²) < 4.78 is 28.9. The van der Waals surface area contributed by atoms with Crippen molar-refractivity contribution >= 4 is 57.2 Å². The van der Waals surface area contributed by atoms with E-state index in [1.165, 1.54) is 11.3 Å². The number of anilines is 2. The molecule has 0 radical (unpaired) electrons. The lowest BCUT2D eigenvalue weighted by Crippen LogP contribution is -2.25. The molecule has 0 aliphatic carbocycles. The van der Waals surface area contributed by atoms with Crippen LogP contribution in [-0.2, 0) is 4.79 Å². The molecule has 11 heteroatoms. The first-order valence-corrected chi connectivity index (χ1v) is 11.1. The number of hydrogen-bond acceptors (Lipinski definition) is 5. The number of aromatic amines is 1. The molecule has 33 heavy (non-hydrogen) atoms. The summed E-state index contributed by atoms with van der Waals surface area (Å²) in [6.07, 6.45) is 0.0100. The van der Waals surface area contributed by atoms with Gasteiger partial charge in [-0.3, -0.25) is 14.7 Å². The largest absolute Gasteiger partial charge is 0.330 e. The van der Waals surface area contributed by atoms with Gasteiger partial charge in [-0.25, -0.2) is 8.78 Å². The summed E-state index contributed by atoms with van der Waals surface area (Å²) in [5, 5.41) is 14.4. The molecule has 7 nitrogen and oxygen atoms in total. The summed E-state index contributed by atoms with van der Waals surface area (Å²) in [5.74, 6) is -3.74. The molecule has 0 unspecified atom stereocenters. The van der Waals surface area contributed by atoms with Gasteiger partial charge in [0.2, 0.25) is 5.91 Å². The maximum Gasteiger partial charge on any atom is 0.266 e. The fourth-order valence-corrected chi connectivity index (χ4v) is 4.21. The van der Waals surface area contributed by atoms with E-state index in [2.05, 4.69) is 20.8 Å². The molecule has 170 valence electrons. The number of aromatic nitrogens is 2. The van der Waals surface area contributed by atoms with Crippen LogP contribution in [0.1, 0.15) is 27.6 Å². The minimum absolute atomic E-state index is 0.0100. The number of nitrogens with two attached hydrogens (primary N) is 1. The Labute approximate surface area is 195 Å². The highest BCUT2D eigenvalue weighted by atomic mass is 35.5. The van der Waals surface area contributed by atoms with Crippen molar-refractivity contribution < 1.29 is 18.4 Å². The van der Waals surface area contributed by atoms with Crippen molar-refractivity contribution in [2.45, 2.75) is 12.3 Å². The van der Waals surface area contributed by atoms with E-state index in [-0.39, 0.29) is 29.7 Å². The highest BCUT2D eigenvalue weighted by Gasteiger charge is 2.28. The summed E-state index contributed by atoms with van der Waals surface area (Å²) in [7, 11) is 0. The van der Waals surface area contributed by atoms with Crippen molar-refractivity contribution in [1.29, 1.82) is 0 Å². The summed E-state index contributed by atoms with van der Waals surface area (Å²) in [6, 6.07) is 10.4. The third kappa shape index (κ3) is 4.72. The molecule has 5 N–H and O–H groups in total. The number of carbonyl (C=O) groups excluding carboxylic acids is 2. The highest BCUT2D eigenvalue weighted by Crippen LogP contribution is 2.31. The Balaban J connectivity index is 1.60. The summed E-state index contributed by atoms with van der Waals surface area (Å²) >= 11 is 7.09. The Hall–Kier alpha value is -3.34. The number of nitrogens with zero attached hydrogens (tertiary/aromatic N) is 1. The fourth-order valence-electron chi connectivity index (χ4n) is 3.43. The van der Waals surface area contributed by atoms with Crippen molar-refractivity contribution in [1.82, 2.24) is 10.2 Å². The first-order valence-electron chi connectivity index (χ1n) is 9.86. The van der Waals surface area contributed by atoms with Crippen LogP contribution in [0.5, 0.6) is 0 Å². The summed E-state index contributed by atoms with van der Waals surface area (Å²) in [6.45, 7) is 0.0309. The SMILES string of the molecule is NCC[C@H](C(=O)Nc1ccc2[nH]nc(NC(=O)c3cccs3)c2c1)c1c(F)ccc(Cl)c1F. The lowest BCUT2D eigenvalue weighted by Gasteiger charge is -2.18. The second-order valence-electron chi connectivity index (χ2n) is 7.14. The molecule has 4 rings (SSSR count). The smallest absolute Gasteiger partial charge is 0.266 e. The van der Waals surface area contributed by atoms with E-state index >= 15 is 0 Å². The van der Waals surface area contributed by atoms with Crippen LogP contribution in [0, 0.1) is 11.6 Å². The first kappa shape index (κ1) is 22.8. The monoisotopic (exact) mass is 489 g/mol. The molecule has 4 aromatic rings. The van der Waals surface area contributed by atoms with Crippen molar-refractivity contribution in [3.63, 3.8) is 0 Å². The second-order valence-corrected chi connectivity index (χ2v) is 8.49. The molecule has 0 spiro atoms. The minimum atomic E-state index is -1.19. The number of halogens is 3. The number of rotatable bonds is 7. The quantitative estimate of drug-likeness (QED) is 0.277. The van der Waals surface area contributed by atoms with E-state index in [1.54, 1.807) is 35.7 Å². The maximum absolute atomic E-state index is 14.5. The van der Waals surface area contributed by atoms with E-state index in [0.29, 0.717) is 21.5 Å². The summed E-state index contributed by atoms with van der Waals surface area (Å²) in [5.41, 5.74) is 6.14. The Kier molecular flexibility index (Phi) is 6.68. The normalized spacial score (nSPS) is 12.0. The van der Waals surface area contributed by atoms with E-state index in [1.807, 2.05) is 0 Å². The molecule has 1 atom stereocenters. The van der Waals surface area contributed by atoms with Gasteiger partial charge in [-0.05, 0) is 54.7 Å². The zero-order chi connectivity index (χ0) is 23.5. The number of carbonyl (C=O) groups is 2. The van der Waals surface area contributed by atoms with Gasteiger partial charge in [0.05, 0.1) is 21.3 Å². The molecule has 0 bridgehead atoms. The second kappa shape index (κ2) is 9.65. The van der Waals surface area contributed by atoms with Crippen molar-refractivity contribution in [3.05, 3.63) is 74.9 Å². The van der Waals surface area contributed by atoms with Gasteiger partial charge in [-0.1, -0.05) is 17.7 Å². The van der Waals surface area contributed by atoms with Gasteiger partial charge in [-0.15, -0.1) is 11.3 Å². The number of nitrogens with one attached hydrogen (secondary N) is 3. The molecule has 0 aliphatic heterocycles. The van der Waals surface area contributed by atoms with E-state index in [4.69, 9.17) is 17.3 Å². The minimum Gasteiger partial charge on any atom is -0.330 e. The molecule has 2 heterocycles. The Morgan fingerprint density at radius 1 is 1.18 bits per heavy atom. The molecular formula is C22H18ClF2N5O2S. The molecule has 0 saturated carbocycles. The molecule has 0 aliphatic rings. The van der Waals surface area contributed by atoms with Crippen molar-refractivity contribution in [3.8, 4) is 0 Å². The van der Waals surface area contributed by atoms with Gasteiger partial charge in [0, 0.05) is 16.6 Å². The molecule has 0 saturated heterocycles.